The fourth-order valence-electron chi connectivity index (χ4n) is 1.12. The van der Waals surface area contributed by atoms with Gasteiger partial charge in [-0.25, -0.2) is 9.59 Å². The Kier molecular flexibility index (Phi) is 2.52. The average Bonchev–Trinajstić information content (AvgIpc) is 2.45. The summed E-state index contributed by atoms with van der Waals surface area (Å²) in [5, 5.41) is 2.37. The number of alkyl carbamates (subject to hydrolysis) is 1. The van der Waals surface area contributed by atoms with Crippen molar-refractivity contribution in [3.8, 4) is 0 Å². The lowest BCUT2D eigenvalue weighted by molar-refractivity contribution is -0.144. The second-order valence-corrected chi connectivity index (χ2v) is 2.50. The van der Waals surface area contributed by atoms with Gasteiger partial charge in [0.2, 0.25) is 0 Å². The van der Waals surface area contributed by atoms with Crippen LogP contribution in [0, 0.1) is 0 Å². The van der Waals surface area contributed by atoms with Crippen LogP contribution in [0.3, 0.4) is 0 Å². The smallest absolute Gasteiger partial charge is 0.408 e. The molecule has 12 heavy (non-hydrogen) atoms. The second kappa shape index (κ2) is 3.42. The second-order valence-electron chi connectivity index (χ2n) is 2.50. The van der Waals surface area contributed by atoms with Crippen LogP contribution in [0.4, 0.5) is 4.79 Å². The van der Waals surface area contributed by atoms with Gasteiger partial charge in [-0.15, -0.1) is 0 Å². The predicted molar refractivity (Wildman–Crippen MR) is 39.5 cm³/mol. The van der Waals surface area contributed by atoms with E-state index in [0.717, 1.165) is 0 Å². The van der Waals surface area contributed by atoms with Gasteiger partial charge in [0.1, 0.15) is 6.10 Å². The minimum absolute atomic E-state index is 0.398. The first-order valence-electron chi connectivity index (χ1n) is 3.74. The lowest BCUT2D eigenvalue weighted by Gasteiger charge is -2.11. The van der Waals surface area contributed by atoms with Crippen molar-refractivity contribution < 1.29 is 19.1 Å². The molecule has 1 fully saturated rings. The zero-order chi connectivity index (χ0) is 9.14. The van der Waals surface area contributed by atoms with Gasteiger partial charge in [-0.1, -0.05) is 6.92 Å². The highest BCUT2D eigenvalue weighted by Gasteiger charge is 2.38. The van der Waals surface area contributed by atoms with E-state index in [1.807, 2.05) is 6.92 Å². The Morgan fingerprint density at radius 2 is 2.42 bits per heavy atom. The number of carbonyl (C=O) groups excluding carboxylic acids is 2. The number of nitrogens with one attached hydrogen (secondary N) is 1. The van der Waals surface area contributed by atoms with Gasteiger partial charge in [-0.3, -0.25) is 0 Å². The Balaban J connectivity index is 2.63. The van der Waals surface area contributed by atoms with Crippen LogP contribution in [0.1, 0.15) is 13.3 Å². The van der Waals surface area contributed by atoms with Gasteiger partial charge in [-0.05, 0) is 6.42 Å². The Morgan fingerprint density at radius 1 is 1.75 bits per heavy atom. The number of cyclic esters (lactones) is 1. The first kappa shape index (κ1) is 8.83. The van der Waals surface area contributed by atoms with Crippen molar-refractivity contribution in [1.29, 1.82) is 0 Å². The standard InChI is InChI=1S/C7H11NO4/c1-3-4-5(6(9)11-2)8-7(10)12-4/h4-5H,3H2,1-2H3,(H,8,10)/t4-,5+/m0/s1. The summed E-state index contributed by atoms with van der Waals surface area (Å²) in [5.41, 5.74) is 0. The third-order valence-corrected chi connectivity index (χ3v) is 1.76. The molecule has 0 aromatic carbocycles. The Morgan fingerprint density at radius 3 is 2.92 bits per heavy atom. The maximum Gasteiger partial charge on any atom is 0.408 e. The molecule has 0 aromatic rings. The lowest BCUT2D eigenvalue weighted by Crippen LogP contribution is -2.39. The van der Waals surface area contributed by atoms with E-state index in [2.05, 4.69) is 10.1 Å². The highest BCUT2D eigenvalue weighted by atomic mass is 16.6. The lowest BCUT2D eigenvalue weighted by atomic mass is 10.1. The molecule has 0 bridgehead atoms. The molecule has 1 aliphatic rings. The van der Waals surface area contributed by atoms with Gasteiger partial charge in [0.25, 0.3) is 0 Å². The summed E-state index contributed by atoms with van der Waals surface area (Å²) in [6.07, 6.45) is -0.361. The SMILES string of the molecule is CC[C@@H]1OC(=O)N[C@H]1C(=O)OC. The number of ether oxygens (including phenoxy) is 2. The quantitative estimate of drug-likeness (QED) is 0.599. The van der Waals surface area contributed by atoms with Crippen LogP contribution >= 0.6 is 0 Å². The van der Waals surface area contributed by atoms with Crippen molar-refractivity contribution in [3.05, 3.63) is 0 Å². The molecule has 1 N–H and O–H groups in total. The maximum absolute atomic E-state index is 11.0. The third-order valence-electron chi connectivity index (χ3n) is 1.76. The van der Waals surface area contributed by atoms with Crippen LogP contribution < -0.4 is 5.32 Å². The molecule has 68 valence electrons. The van der Waals surface area contributed by atoms with E-state index in [1.165, 1.54) is 7.11 Å². The van der Waals surface area contributed by atoms with E-state index in [9.17, 15) is 9.59 Å². The van der Waals surface area contributed by atoms with E-state index in [-0.39, 0.29) is 0 Å². The van der Waals surface area contributed by atoms with Gasteiger partial charge < -0.3 is 14.8 Å². The van der Waals surface area contributed by atoms with E-state index in [0.29, 0.717) is 6.42 Å². The molecule has 0 aromatic heterocycles. The number of esters is 1. The monoisotopic (exact) mass is 173 g/mol. The number of hydrogen-bond acceptors (Lipinski definition) is 4. The largest absolute Gasteiger partial charge is 0.467 e. The Bertz CT molecular complexity index is 204. The van der Waals surface area contributed by atoms with Gasteiger partial charge in [0.05, 0.1) is 7.11 Å². The van der Waals surface area contributed by atoms with Crippen LogP contribution in [0.25, 0.3) is 0 Å². The molecule has 0 unspecified atom stereocenters. The summed E-state index contributed by atoms with van der Waals surface area (Å²) >= 11 is 0. The number of rotatable bonds is 2. The molecule has 1 rings (SSSR count). The van der Waals surface area contributed by atoms with Crippen LogP contribution in [-0.4, -0.2) is 31.3 Å². The van der Waals surface area contributed by atoms with Crippen molar-refractivity contribution in [2.45, 2.75) is 25.5 Å². The van der Waals surface area contributed by atoms with Crippen molar-refractivity contribution >= 4 is 12.1 Å². The summed E-state index contributed by atoms with van der Waals surface area (Å²) in [6.45, 7) is 1.83. The molecule has 2 atom stereocenters. The molecule has 0 spiro atoms. The molecule has 0 aliphatic carbocycles. The third kappa shape index (κ3) is 1.49. The fraction of sp³-hybridized carbons (Fsp3) is 0.714. The van der Waals surface area contributed by atoms with Crippen LogP contribution in [0.15, 0.2) is 0 Å². The van der Waals surface area contributed by atoms with E-state index < -0.39 is 24.2 Å². The molecular weight excluding hydrogens is 162 g/mol. The van der Waals surface area contributed by atoms with Crippen LogP contribution in [0.2, 0.25) is 0 Å². The molecule has 0 saturated carbocycles. The van der Waals surface area contributed by atoms with Crippen LogP contribution in [-0.2, 0) is 14.3 Å². The molecule has 0 radical (unpaired) electrons. The fourth-order valence-corrected chi connectivity index (χ4v) is 1.12. The summed E-state index contributed by atoms with van der Waals surface area (Å²) in [6, 6.07) is -0.646. The average molecular weight is 173 g/mol. The van der Waals surface area contributed by atoms with Gasteiger partial charge in [0, 0.05) is 0 Å². The Hall–Kier alpha value is -1.26. The number of amides is 1. The summed E-state index contributed by atoms with van der Waals surface area (Å²) in [5.74, 6) is -0.465. The number of carbonyl (C=O) groups is 2. The molecule has 1 heterocycles. The highest BCUT2D eigenvalue weighted by Crippen LogP contribution is 2.12. The van der Waals surface area contributed by atoms with Crippen molar-refractivity contribution in [3.63, 3.8) is 0 Å². The zero-order valence-electron chi connectivity index (χ0n) is 6.99. The van der Waals surface area contributed by atoms with Crippen molar-refractivity contribution in [2.24, 2.45) is 0 Å². The Labute approximate surface area is 70.0 Å². The van der Waals surface area contributed by atoms with Crippen molar-refractivity contribution in [1.82, 2.24) is 5.32 Å². The summed E-state index contributed by atoms with van der Waals surface area (Å²) in [7, 11) is 1.28. The first-order valence-corrected chi connectivity index (χ1v) is 3.74. The van der Waals surface area contributed by atoms with Crippen LogP contribution in [0.5, 0.6) is 0 Å². The van der Waals surface area contributed by atoms with Crippen molar-refractivity contribution in [2.75, 3.05) is 7.11 Å². The first-order chi connectivity index (χ1) is 5.69. The molecular formula is C7H11NO4. The van der Waals surface area contributed by atoms with E-state index >= 15 is 0 Å². The molecule has 1 aliphatic heterocycles. The number of methoxy groups -OCH3 is 1. The van der Waals surface area contributed by atoms with E-state index in [1.54, 1.807) is 0 Å². The maximum atomic E-state index is 11.0. The van der Waals surface area contributed by atoms with Gasteiger partial charge in [0.15, 0.2) is 6.04 Å². The van der Waals surface area contributed by atoms with Gasteiger partial charge >= 0.3 is 12.1 Å². The molecule has 5 nitrogen and oxygen atoms in total. The molecule has 1 amide bonds. The number of hydrogen-bond donors (Lipinski definition) is 1. The summed E-state index contributed by atoms with van der Waals surface area (Å²) < 4.78 is 9.28. The highest BCUT2D eigenvalue weighted by molar-refractivity contribution is 5.84. The zero-order valence-corrected chi connectivity index (χ0v) is 6.99. The predicted octanol–water partition coefficient (Wildman–Crippen LogP) is 0.0464. The van der Waals surface area contributed by atoms with Gasteiger partial charge in [-0.2, -0.15) is 0 Å². The normalized spacial score (nSPS) is 27.7. The van der Waals surface area contributed by atoms with E-state index in [4.69, 9.17) is 4.74 Å². The minimum Gasteiger partial charge on any atom is -0.467 e. The molecule has 5 heteroatoms. The summed E-state index contributed by atoms with van der Waals surface area (Å²) in [4.78, 5) is 21.7. The topological polar surface area (TPSA) is 64.6 Å². The minimum atomic E-state index is -0.646. The molecule has 1 saturated heterocycles.